The Morgan fingerprint density at radius 2 is 2.03 bits per heavy atom. The van der Waals surface area contributed by atoms with Crippen molar-refractivity contribution in [2.24, 2.45) is 5.73 Å². The third kappa shape index (κ3) is 5.97. The molecule has 3 rings (SSSR count). The van der Waals surface area contributed by atoms with Crippen LogP contribution in [-0.4, -0.2) is 40.8 Å². The molecule has 1 fully saturated rings. The van der Waals surface area contributed by atoms with E-state index in [-0.39, 0.29) is 6.03 Å². The Hall–Kier alpha value is -2.53. The van der Waals surface area contributed by atoms with Gasteiger partial charge in [-0.15, -0.1) is 0 Å². The molecule has 0 unspecified atom stereocenters. The highest BCUT2D eigenvalue weighted by molar-refractivity contribution is 9.08. The van der Waals surface area contributed by atoms with Gasteiger partial charge in [0.25, 0.3) is 0 Å². The zero-order valence-corrected chi connectivity index (χ0v) is 18.1. The van der Waals surface area contributed by atoms with E-state index in [4.69, 9.17) is 10.5 Å². The molecule has 0 atom stereocenters. The molecule has 0 spiro atoms. The number of urea groups is 1. The van der Waals surface area contributed by atoms with E-state index in [1.54, 1.807) is 18.5 Å². The molecule has 3 amide bonds. The first-order valence-electron chi connectivity index (χ1n) is 8.88. The average molecular weight is 481 g/mol. The minimum Gasteiger partial charge on any atom is -0.443 e. The Morgan fingerprint density at radius 3 is 2.66 bits per heavy atom. The molecule has 0 radical (unpaired) electrons. The predicted octanol–water partition coefficient (Wildman–Crippen LogP) is 3.51. The molecule has 11 heteroatoms. The van der Waals surface area contributed by atoms with Gasteiger partial charge >= 0.3 is 12.1 Å². The van der Waals surface area contributed by atoms with E-state index in [0.29, 0.717) is 31.6 Å². The standard InChI is InChI=1S/C18H21BrN6O3S/c1-18(28-16(20)26)5-7-25(8-6-18)14-10-22-15(11-21-14)29-13-4-2-3-12(9-13)23-17(27)24-19/h2-4,9-11H,5-8H2,1H3,(H2,20,26)(H2,23,24,27). The summed E-state index contributed by atoms with van der Waals surface area (Å²) >= 11 is 4.34. The van der Waals surface area contributed by atoms with Gasteiger partial charge in [-0.2, -0.15) is 0 Å². The number of benzene rings is 1. The number of carbonyl (C=O) groups excluding carboxylic acids is 2. The highest BCUT2D eigenvalue weighted by Crippen LogP contribution is 2.30. The van der Waals surface area contributed by atoms with Crippen molar-refractivity contribution < 1.29 is 14.3 Å². The zero-order valence-electron chi connectivity index (χ0n) is 15.7. The van der Waals surface area contributed by atoms with Gasteiger partial charge in [0.1, 0.15) is 16.4 Å². The highest BCUT2D eigenvalue weighted by Gasteiger charge is 2.33. The molecule has 4 N–H and O–H groups in total. The van der Waals surface area contributed by atoms with E-state index in [9.17, 15) is 9.59 Å². The number of anilines is 2. The summed E-state index contributed by atoms with van der Waals surface area (Å²) in [7, 11) is 0. The molecule has 0 saturated carbocycles. The van der Waals surface area contributed by atoms with Gasteiger partial charge < -0.3 is 20.7 Å². The van der Waals surface area contributed by atoms with Crippen LogP contribution in [0.5, 0.6) is 0 Å². The SMILES string of the molecule is CC1(OC(N)=O)CCN(c2cnc(Sc3cccc(NC(=O)NBr)c3)cn2)CC1. The average Bonchev–Trinajstić information content (AvgIpc) is 2.69. The van der Waals surface area contributed by atoms with Crippen molar-refractivity contribution in [2.75, 3.05) is 23.3 Å². The van der Waals surface area contributed by atoms with Crippen LogP contribution in [0.4, 0.5) is 21.1 Å². The number of nitrogens with zero attached hydrogens (tertiary/aromatic N) is 3. The van der Waals surface area contributed by atoms with Crippen molar-refractivity contribution in [2.45, 2.75) is 35.3 Å². The molecular formula is C18H21BrN6O3S. The van der Waals surface area contributed by atoms with E-state index >= 15 is 0 Å². The smallest absolute Gasteiger partial charge is 0.405 e. The Bertz CT molecular complexity index is 874. The second-order valence-corrected chi connectivity index (χ2v) is 8.24. The Morgan fingerprint density at radius 1 is 1.28 bits per heavy atom. The summed E-state index contributed by atoms with van der Waals surface area (Å²) in [4.78, 5) is 34.5. The fourth-order valence-electron chi connectivity index (χ4n) is 2.99. The molecule has 9 nitrogen and oxygen atoms in total. The predicted molar refractivity (Wildman–Crippen MR) is 114 cm³/mol. The van der Waals surface area contributed by atoms with Gasteiger partial charge in [0.15, 0.2) is 0 Å². The van der Waals surface area contributed by atoms with Crippen LogP contribution in [0.1, 0.15) is 19.8 Å². The Kier molecular flexibility index (Phi) is 6.80. The molecule has 154 valence electrons. The van der Waals surface area contributed by atoms with Gasteiger partial charge in [0, 0.05) is 36.5 Å². The molecule has 29 heavy (non-hydrogen) atoms. The second kappa shape index (κ2) is 9.31. The minimum absolute atomic E-state index is 0.352. The van der Waals surface area contributed by atoms with Gasteiger partial charge in [0.2, 0.25) is 0 Å². The van der Waals surface area contributed by atoms with Crippen LogP contribution in [0.25, 0.3) is 0 Å². The van der Waals surface area contributed by atoms with Crippen LogP contribution in [0, 0.1) is 0 Å². The van der Waals surface area contributed by atoms with Gasteiger partial charge in [-0.25, -0.2) is 19.6 Å². The first-order valence-corrected chi connectivity index (χ1v) is 10.5. The van der Waals surface area contributed by atoms with Gasteiger partial charge in [-0.05, 0) is 25.1 Å². The van der Waals surface area contributed by atoms with Crippen molar-refractivity contribution in [3.8, 4) is 0 Å². The fraction of sp³-hybridized carbons (Fsp3) is 0.333. The molecule has 1 aromatic heterocycles. The topological polar surface area (TPSA) is 122 Å². The Labute approximate surface area is 181 Å². The first-order chi connectivity index (χ1) is 13.9. The Balaban J connectivity index is 1.59. The number of hydrogen-bond donors (Lipinski definition) is 3. The van der Waals surface area contributed by atoms with Gasteiger partial charge in [0.05, 0.1) is 28.5 Å². The van der Waals surface area contributed by atoms with Crippen LogP contribution < -0.4 is 20.3 Å². The third-order valence-electron chi connectivity index (χ3n) is 4.51. The number of halogens is 1. The van der Waals surface area contributed by atoms with Crippen LogP contribution in [0.2, 0.25) is 0 Å². The van der Waals surface area contributed by atoms with Crippen molar-refractivity contribution in [3.05, 3.63) is 36.7 Å². The first kappa shape index (κ1) is 21.2. The largest absolute Gasteiger partial charge is 0.443 e. The summed E-state index contributed by atoms with van der Waals surface area (Å²) in [6.07, 6.45) is 4.07. The van der Waals surface area contributed by atoms with Gasteiger partial charge in [-0.3, -0.25) is 4.34 Å². The van der Waals surface area contributed by atoms with E-state index in [1.807, 2.05) is 25.1 Å². The molecule has 0 bridgehead atoms. The molecule has 2 aromatic rings. The summed E-state index contributed by atoms with van der Waals surface area (Å²) in [6.45, 7) is 3.30. The third-order valence-corrected chi connectivity index (χ3v) is 5.78. The summed E-state index contributed by atoms with van der Waals surface area (Å²) in [5.41, 5.74) is 5.29. The number of nitrogens with two attached hydrogens (primary N) is 1. The normalized spacial score (nSPS) is 15.4. The summed E-state index contributed by atoms with van der Waals surface area (Å²) in [6, 6.07) is 7.09. The molecule has 1 saturated heterocycles. The highest BCUT2D eigenvalue weighted by atomic mass is 79.9. The number of aromatic nitrogens is 2. The van der Waals surface area contributed by atoms with Crippen molar-refractivity contribution >= 4 is 51.5 Å². The number of amides is 3. The van der Waals surface area contributed by atoms with E-state index < -0.39 is 11.7 Å². The molecule has 1 aromatic carbocycles. The summed E-state index contributed by atoms with van der Waals surface area (Å²) < 4.78 is 7.56. The lowest BCUT2D eigenvalue weighted by atomic mass is 9.93. The maximum Gasteiger partial charge on any atom is 0.405 e. The number of nitrogens with one attached hydrogen (secondary N) is 2. The van der Waals surface area contributed by atoms with Crippen LogP contribution in [0.15, 0.2) is 46.6 Å². The molecule has 1 aliphatic rings. The summed E-state index contributed by atoms with van der Waals surface area (Å²) in [5, 5.41) is 3.44. The van der Waals surface area contributed by atoms with Crippen molar-refractivity contribution in [1.29, 1.82) is 0 Å². The monoisotopic (exact) mass is 480 g/mol. The number of primary amides is 1. The maximum atomic E-state index is 11.4. The minimum atomic E-state index is -0.741. The van der Waals surface area contributed by atoms with E-state index in [1.165, 1.54) is 11.8 Å². The van der Waals surface area contributed by atoms with Crippen LogP contribution >= 0.6 is 27.9 Å². The second-order valence-electron chi connectivity index (χ2n) is 6.75. The van der Waals surface area contributed by atoms with Gasteiger partial charge in [-0.1, -0.05) is 17.8 Å². The number of hydrogen-bond acceptors (Lipinski definition) is 7. The summed E-state index contributed by atoms with van der Waals surface area (Å²) in [5.74, 6) is 0.778. The van der Waals surface area contributed by atoms with E-state index in [2.05, 4.69) is 40.7 Å². The van der Waals surface area contributed by atoms with Crippen molar-refractivity contribution in [1.82, 2.24) is 14.3 Å². The lowest BCUT2D eigenvalue weighted by molar-refractivity contribution is 0.0126. The quantitative estimate of drug-likeness (QED) is 0.559. The van der Waals surface area contributed by atoms with Crippen LogP contribution in [0.3, 0.4) is 0 Å². The lowest BCUT2D eigenvalue weighted by Crippen LogP contribution is -2.46. The maximum absolute atomic E-state index is 11.4. The van der Waals surface area contributed by atoms with Crippen molar-refractivity contribution in [3.63, 3.8) is 0 Å². The zero-order chi connectivity index (χ0) is 20.9. The number of ether oxygens (including phenoxy) is 1. The number of rotatable bonds is 5. The number of carbonyl (C=O) groups is 2. The molecule has 2 heterocycles. The fourth-order valence-corrected chi connectivity index (χ4v) is 3.88. The van der Waals surface area contributed by atoms with E-state index in [0.717, 1.165) is 15.7 Å². The lowest BCUT2D eigenvalue weighted by Gasteiger charge is -2.38. The van der Waals surface area contributed by atoms with Crippen LogP contribution in [-0.2, 0) is 4.74 Å². The number of piperidine rings is 1. The molecule has 1 aliphatic heterocycles. The molecular weight excluding hydrogens is 460 g/mol. The molecule has 0 aliphatic carbocycles.